The fraction of sp³-hybridized carbons (Fsp3) is 0.429. The first-order valence-electron chi connectivity index (χ1n) is 9.33. The highest BCUT2D eigenvalue weighted by Gasteiger charge is 2.23. The van der Waals surface area contributed by atoms with Crippen molar-refractivity contribution in [3.8, 4) is 11.1 Å². The molecule has 2 aromatic carbocycles. The molecule has 4 nitrogen and oxygen atoms in total. The minimum Gasteiger partial charge on any atom is -0.330 e. The monoisotopic (exact) mass is 372 g/mol. The van der Waals surface area contributed by atoms with E-state index < -0.39 is 9.84 Å². The van der Waals surface area contributed by atoms with E-state index in [2.05, 4.69) is 29.2 Å². The van der Waals surface area contributed by atoms with Gasteiger partial charge in [0.1, 0.15) is 0 Å². The number of benzene rings is 2. The number of nitrogens with two attached hydrogens (primary N) is 1. The molecule has 1 aliphatic heterocycles. The zero-order valence-electron chi connectivity index (χ0n) is 15.4. The third kappa shape index (κ3) is 4.53. The number of likely N-dealkylation sites (tertiary alicyclic amines) is 1. The number of piperidine rings is 1. The summed E-state index contributed by atoms with van der Waals surface area (Å²) in [4.78, 5) is 2.92. The summed E-state index contributed by atoms with van der Waals surface area (Å²) in [7, 11) is -3.15. The van der Waals surface area contributed by atoms with E-state index in [1.165, 1.54) is 31.1 Å². The molecule has 1 saturated heterocycles. The lowest BCUT2D eigenvalue weighted by Gasteiger charge is -2.36. The number of hydrogen-bond donors (Lipinski definition) is 1. The van der Waals surface area contributed by atoms with Crippen molar-refractivity contribution in [2.45, 2.75) is 36.6 Å². The molecule has 0 saturated carbocycles. The topological polar surface area (TPSA) is 63.4 Å². The molecule has 140 valence electrons. The van der Waals surface area contributed by atoms with Crippen LogP contribution in [0, 0.1) is 0 Å². The van der Waals surface area contributed by atoms with E-state index in [4.69, 9.17) is 5.73 Å². The molecule has 1 heterocycles. The van der Waals surface area contributed by atoms with Crippen LogP contribution in [-0.4, -0.2) is 39.2 Å². The fourth-order valence-corrected chi connectivity index (χ4v) is 4.35. The van der Waals surface area contributed by atoms with Gasteiger partial charge in [-0.15, -0.1) is 0 Å². The van der Waals surface area contributed by atoms with Gasteiger partial charge in [-0.2, -0.15) is 0 Å². The van der Waals surface area contributed by atoms with Crippen LogP contribution in [0.25, 0.3) is 11.1 Å². The standard InChI is InChI=1S/C21H28N2O2S/c1-26(24,25)20-12-10-18(11-13-20)17-6-8-19(9-7-17)21-5-2-3-15-23(21)16-4-14-22/h6-13,21H,2-5,14-16,22H2,1H3. The Morgan fingerprint density at radius 2 is 1.62 bits per heavy atom. The molecule has 26 heavy (non-hydrogen) atoms. The first-order chi connectivity index (χ1) is 12.5. The van der Waals surface area contributed by atoms with Gasteiger partial charge in [0.15, 0.2) is 9.84 Å². The molecule has 1 aliphatic rings. The largest absolute Gasteiger partial charge is 0.330 e. The maximum Gasteiger partial charge on any atom is 0.175 e. The van der Waals surface area contributed by atoms with Crippen molar-refractivity contribution in [1.29, 1.82) is 0 Å². The van der Waals surface area contributed by atoms with Crippen LogP contribution in [0.3, 0.4) is 0 Å². The van der Waals surface area contributed by atoms with Gasteiger partial charge < -0.3 is 5.73 Å². The van der Waals surface area contributed by atoms with Gasteiger partial charge in [0.05, 0.1) is 4.90 Å². The molecule has 3 rings (SSSR count). The average molecular weight is 373 g/mol. The summed E-state index contributed by atoms with van der Waals surface area (Å²) in [6, 6.07) is 16.3. The minimum atomic E-state index is -3.15. The van der Waals surface area contributed by atoms with Crippen LogP contribution in [0.2, 0.25) is 0 Å². The van der Waals surface area contributed by atoms with Crippen molar-refractivity contribution < 1.29 is 8.42 Å². The minimum absolute atomic E-state index is 0.357. The number of nitrogens with zero attached hydrogens (tertiary/aromatic N) is 1. The molecule has 1 atom stereocenters. The zero-order valence-corrected chi connectivity index (χ0v) is 16.2. The third-order valence-corrected chi connectivity index (χ3v) is 6.30. The summed E-state index contributed by atoms with van der Waals surface area (Å²) in [5, 5.41) is 0. The van der Waals surface area contributed by atoms with Crippen LogP contribution in [-0.2, 0) is 9.84 Å². The van der Waals surface area contributed by atoms with Gasteiger partial charge >= 0.3 is 0 Å². The molecule has 1 fully saturated rings. The fourth-order valence-electron chi connectivity index (χ4n) is 3.72. The van der Waals surface area contributed by atoms with Crippen molar-refractivity contribution in [3.63, 3.8) is 0 Å². The number of hydrogen-bond acceptors (Lipinski definition) is 4. The molecule has 0 bridgehead atoms. The van der Waals surface area contributed by atoms with Crippen LogP contribution < -0.4 is 5.73 Å². The van der Waals surface area contributed by atoms with E-state index in [9.17, 15) is 8.42 Å². The lowest BCUT2D eigenvalue weighted by molar-refractivity contribution is 0.148. The zero-order chi connectivity index (χ0) is 18.6. The van der Waals surface area contributed by atoms with Gasteiger partial charge in [0.2, 0.25) is 0 Å². The molecule has 0 radical (unpaired) electrons. The van der Waals surface area contributed by atoms with Crippen LogP contribution >= 0.6 is 0 Å². The van der Waals surface area contributed by atoms with Crippen molar-refractivity contribution in [2.75, 3.05) is 25.9 Å². The summed E-state index contributed by atoms with van der Waals surface area (Å²) in [5.41, 5.74) is 9.19. The second-order valence-corrected chi connectivity index (χ2v) is 9.12. The van der Waals surface area contributed by atoms with Crippen molar-refractivity contribution in [1.82, 2.24) is 4.90 Å². The maximum absolute atomic E-state index is 11.6. The summed E-state index contributed by atoms with van der Waals surface area (Å²) in [6.07, 6.45) is 6.02. The Hall–Kier alpha value is -1.69. The summed E-state index contributed by atoms with van der Waals surface area (Å²) in [6.45, 7) is 2.96. The van der Waals surface area contributed by atoms with E-state index in [1.807, 2.05) is 12.1 Å². The van der Waals surface area contributed by atoms with E-state index in [0.717, 1.165) is 37.2 Å². The van der Waals surface area contributed by atoms with Gasteiger partial charge in [-0.1, -0.05) is 42.8 Å². The highest BCUT2D eigenvalue weighted by molar-refractivity contribution is 7.90. The summed E-state index contributed by atoms with van der Waals surface area (Å²) in [5.74, 6) is 0. The normalized spacial score (nSPS) is 18.8. The van der Waals surface area contributed by atoms with Gasteiger partial charge in [-0.05, 0) is 67.7 Å². The Labute approximate surface area is 156 Å². The third-order valence-electron chi connectivity index (χ3n) is 5.17. The van der Waals surface area contributed by atoms with Crippen LogP contribution in [0.15, 0.2) is 53.4 Å². The molecule has 5 heteroatoms. The van der Waals surface area contributed by atoms with E-state index in [-0.39, 0.29) is 0 Å². The Morgan fingerprint density at radius 3 is 2.19 bits per heavy atom. The second-order valence-electron chi connectivity index (χ2n) is 7.11. The summed E-state index contributed by atoms with van der Waals surface area (Å²) < 4.78 is 23.2. The highest BCUT2D eigenvalue weighted by atomic mass is 32.2. The lowest BCUT2D eigenvalue weighted by Crippen LogP contribution is -2.34. The van der Waals surface area contributed by atoms with Crippen molar-refractivity contribution in [2.24, 2.45) is 5.73 Å². The molecule has 2 aromatic rings. The predicted octanol–water partition coefficient (Wildman–Crippen LogP) is 3.63. The van der Waals surface area contributed by atoms with Gasteiger partial charge in [0.25, 0.3) is 0 Å². The Morgan fingerprint density at radius 1 is 1.00 bits per heavy atom. The van der Waals surface area contributed by atoms with Crippen LogP contribution in [0.4, 0.5) is 0 Å². The Bertz CT molecular complexity index is 814. The predicted molar refractivity (Wildman–Crippen MR) is 107 cm³/mol. The lowest BCUT2D eigenvalue weighted by atomic mass is 9.93. The SMILES string of the molecule is CS(=O)(=O)c1ccc(-c2ccc(C3CCCCN3CCCN)cc2)cc1. The smallest absolute Gasteiger partial charge is 0.175 e. The van der Waals surface area contributed by atoms with E-state index >= 15 is 0 Å². The van der Waals surface area contributed by atoms with Crippen LogP contribution in [0.5, 0.6) is 0 Å². The molecule has 1 unspecified atom stereocenters. The molecular formula is C21H28N2O2S. The molecule has 2 N–H and O–H groups in total. The highest BCUT2D eigenvalue weighted by Crippen LogP contribution is 2.32. The Kier molecular flexibility index (Phi) is 6.12. The average Bonchev–Trinajstić information content (AvgIpc) is 2.66. The number of sulfone groups is 1. The van der Waals surface area contributed by atoms with Crippen molar-refractivity contribution in [3.05, 3.63) is 54.1 Å². The Balaban J connectivity index is 1.77. The van der Waals surface area contributed by atoms with Crippen molar-refractivity contribution >= 4 is 9.84 Å². The van der Waals surface area contributed by atoms with E-state index in [1.54, 1.807) is 12.1 Å². The molecular weight excluding hydrogens is 344 g/mol. The maximum atomic E-state index is 11.6. The van der Waals surface area contributed by atoms with Gasteiger partial charge in [-0.3, -0.25) is 4.90 Å². The second kappa shape index (κ2) is 8.33. The van der Waals surface area contributed by atoms with Crippen LogP contribution in [0.1, 0.15) is 37.3 Å². The molecule has 0 amide bonds. The van der Waals surface area contributed by atoms with E-state index in [0.29, 0.717) is 10.9 Å². The summed E-state index contributed by atoms with van der Waals surface area (Å²) >= 11 is 0. The van der Waals surface area contributed by atoms with Gasteiger partial charge in [0, 0.05) is 12.3 Å². The molecule has 0 spiro atoms. The number of rotatable bonds is 6. The molecule has 0 aromatic heterocycles. The molecule has 0 aliphatic carbocycles. The first kappa shape index (κ1) is 19.1. The van der Waals surface area contributed by atoms with Gasteiger partial charge in [-0.25, -0.2) is 8.42 Å². The quantitative estimate of drug-likeness (QED) is 0.841. The first-order valence-corrected chi connectivity index (χ1v) is 11.2.